The fourth-order valence-corrected chi connectivity index (χ4v) is 2.03. The van der Waals surface area contributed by atoms with E-state index in [9.17, 15) is 4.79 Å². The molecule has 1 fully saturated rings. The minimum absolute atomic E-state index is 0.113. The zero-order valence-electron chi connectivity index (χ0n) is 8.55. The lowest BCUT2D eigenvalue weighted by Gasteiger charge is -2.55. The van der Waals surface area contributed by atoms with Crippen molar-refractivity contribution in [2.75, 3.05) is 6.54 Å². The van der Waals surface area contributed by atoms with Gasteiger partial charge < -0.3 is 4.90 Å². The van der Waals surface area contributed by atoms with Gasteiger partial charge in [0.25, 0.3) is 0 Å². The Bertz CT molecular complexity index is 186. The van der Waals surface area contributed by atoms with Gasteiger partial charge in [-0.05, 0) is 26.2 Å². The number of likely N-dealkylation sites (tertiary alicyclic amines) is 1. The molecule has 2 heteroatoms. The number of nitrogens with zero attached hydrogens (tertiary/aromatic N) is 1. The number of carbonyl (C=O) groups is 1. The van der Waals surface area contributed by atoms with E-state index in [-0.39, 0.29) is 5.54 Å². The van der Waals surface area contributed by atoms with Gasteiger partial charge in [-0.15, -0.1) is 0 Å². The molecule has 1 rings (SSSR count). The monoisotopic (exact) mass is 169 g/mol. The molecule has 1 amide bonds. The number of hydrogen-bond donors (Lipinski definition) is 0. The Hall–Kier alpha value is -0.530. The molecule has 1 aliphatic heterocycles. The quantitative estimate of drug-likeness (QED) is 0.619. The minimum Gasteiger partial charge on any atom is -0.337 e. The summed E-state index contributed by atoms with van der Waals surface area (Å²) in [6.45, 7) is 9.42. The van der Waals surface area contributed by atoms with Crippen LogP contribution in [0.2, 0.25) is 0 Å². The van der Waals surface area contributed by atoms with Crippen molar-refractivity contribution < 1.29 is 4.79 Å². The van der Waals surface area contributed by atoms with Crippen LogP contribution in [0.4, 0.5) is 0 Å². The topological polar surface area (TPSA) is 20.3 Å². The summed E-state index contributed by atoms with van der Waals surface area (Å²) < 4.78 is 0. The van der Waals surface area contributed by atoms with Gasteiger partial charge in [-0.3, -0.25) is 4.79 Å². The molecule has 0 aromatic rings. The molecule has 0 aliphatic carbocycles. The number of carbonyl (C=O) groups excluding carboxylic acids is 1. The van der Waals surface area contributed by atoms with Gasteiger partial charge in [0, 0.05) is 18.5 Å². The van der Waals surface area contributed by atoms with Crippen LogP contribution in [0.1, 0.15) is 40.5 Å². The Labute approximate surface area is 74.9 Å². The Balaban J connectivity index is 2.58. The van der Waals surface area contributed by atoms with Gasteiger partial charge in [0.15, 0.2) is 0 Å². The molecule has 0 aromatic carbocycles. The molecule has 1 atom stereocenters. The van der Waals surface area contributed by atoms with Crippen LogP contribution in [-0.2, 0) is 4.79 Å². The lowest BCUT2D eigenvalue weighted by Crippen LogP contribution is -2.65. The molecule has 12 heavy (non-hydrogen) atoms. The lowest BCUT2D eigenvalue weighted by molar-refractivity contribution is -0.153. The SMILES string of the molecule is CCC(=O)N1CC(CC)C1(C)C. The van der Waals surface area contributed by atoms with E-state index in [0.29, 0.717) is 18.2 Å². The highest BCUT2D eigenvalue weighted by atomic mass is 16.2. The van der Waals surface area contributed by atoms with Gasteiger partial charge in [0.1, 0.15) is 0 Å². The minimum atomic E-state index is 0.113. The molecule has 1 saturated heterocycles. The first-order chi connectivity index (χ1) is 5.54. The maximum Gasteiger partial charge on any atom is 0.222 e. The third-order valence-electron chi connectivity index (χ3n) is 3.19. The van der Waals surface area contributed by atoms with Crippen LogP contribution < -0.4 is 0 Å². The molecular formula is C10H19NO. The first-order valence-electron chi connectivity index (χ1n) is 4.84. The van der Waals surface area contributed by atoms with Gasteiger partial charge >= 0.3 is 0 Å². The zero-order valence-corrected chi connectivity index (χ0v) is 8.55. The second kappa shape index (κ2) is 3.08. The first kappa shape index (κ1) is 9.56. The molecule has 0 bridgehead atoms. The van der Waals surface area contributed by atoms with Crippen molar-refractivity contribution in [3.05, 3.63) is 0 Å². The van der Waals surface area contributed by atoms with Crippen LogP contribution in [0.3, 0.4) is 0 Å². The number of amides is 1. The molecule has 1 aliphatic rings. The molecule has 0 aromatic heterocycles. The zero-order chi connectivity index (χ0) is 9.35. The van der Waals surface area contributed by atoms with Crippen molar-refractivity contribution in [3.8, 4) is 0 Å². The summed E-state index contributed by atoms with van der Waals surface area (Å²) in [5, 5.41) is 0. The Morgan fingerprint density at radius 3 is 2.42 bits per heavy atom. The summed E-state index contributed by atoms with van der Waals surface area (Å²) in [6.07, 6.45) is 1.82. The van der Waals surface area contributed by atoms with Gasteiger partial charge in [-0.2, -0.15) is 0 Å². The number of hydrogen-bond acceptors (Lipinski definition) is 1. The molecule has 0 radical (unpaired) electrons. The van der Waals surface area contributed by atoms with Crippen molar-refractivity contribution in [3.63, 3.8) is 0 Å². The molecule has 0 N–H and O–H groups in total. The van der Waals surface area contributed by atoms with Gasteiger partial charge in [0.2, 0.25) is 5.91 Å². The van der Waals surface area contributed by atoms with E-state index >= 15 is 0 Å². The third-order valence-corrected chi connectivity index (χ3v) is 3.19. The van der Waals surface area contributed by atoms with Crippen LogP contribution in [0.25, 0.3) is 0 Å². The summed E-state index contributed by atoms with van der Waals surface area (Å²) in [6, 6.07) is 0. The summed E-state index contributed by atoms with van der Waals surface area (Å²) in [4.78, 5) is 13.4. The predicted molar refractivity (Wildman–Crippen MR) is 49.9 cm³/mol. The van der Waals surface area contributed by atoms with Crippen LogP contribution in [0, 0.1) is 5.92 Å². The fourth-order valence-electron chi connectivity index (χ4n) is 2.03. The first-order valence-corrected chi connectivity index (χ1v) is 4.84. The molecule has 1 heterocycles. The van der Waals surface area contributed by atoms with Crippen LogP contribution in [0.15, 0.2) is 0 Å². The maximum atomic E-state index is 11.4. The van der Waals surface area contributed by atoms with E-state index in [1.54, 1.807) is 0 Å². The van der Waals surface area contributed by atoms with E-state index in [1.807, 2.05) is 11.8 Å². The molecule has 0 spiro atoms. The van der Waals surface area contributed by atoms with E-state index in [4.69, 9.17) is 0 Å². The van der Waals surface area contributed by atoms with Gasteiger partial charge in [-0.25, -0.2) is 0 Å². The molecule has 2 nitrogen and oxygen atoms in total. The number of rotatable bonds is 2. The average molecular weight is 169 g/mol. The fraction of sp³-hybridized carbons (Fsp3) is 0.900. The summed E-state index contributed by atoms with van der Waals surface area (Å²) >= 11 is 0. The average Bonchev–Trinajstić information content (AvgIpc) is 2.03. The predicted octanol–water partition coefficient (Wildman–Crippen LogP) is 2.04. The van der Waals surface area contributed by atoms with Crippen molar-refractivity contribution in [2.24, 2.45) is 5.92 Å². The van der Waals surface area contributed by atoms with Gasteiger partial charge in [0.05, 0.1) is 0 Å². The van der Waals surface area contributed by atoms with E-state index < -0.39 is 0 Å². The molecular weight excluding hydrogens is 150 g/mol. The van der Waals surface area contributed by atoms with Crippen LogP contribution in [0.5, 0.6) is 0 Å². The van der Waals surface area contributed by atoms with E-state index in [0.717, 1.165) is 6.54 Å². The van der Waals surface area contributed by atoms with Crippen molar-refractivity contribution in [1.29, 1.82) is 0 Å². The smallest absolute Gasteiger partial charge is 0.222 e. The highest BCUT2D eigenvalue weighted by Crippen LogP contribution is 2.38. The Morgan fingerprint density at radius 2 is 2.08 bits per heavy atom. The van der Waals surface area contributed by atoms with Crippen molar-refractivity contribution >= 4 is 5.91 Å². The van der Waals surface area contributed by atoms with E-state index in [1.165, 1.54) is 6.42 Å². The third kappa shape index (κ3) is 1.23. The standard InChI is InChI=1S/C10H19NO/c1-5-8-7-11(9(12)6-2)10(8,3)4/h8H,5-7H2,1-4H3. The van der Waals surface area contributed by atoms with Crippen molar-refractivity contribution in [1.82, 2.24) is 4.90 Å². The highest BCUT2D eigenvalue weighted by molar-refractivity contribution is 5.77. The Kier molecular flexibility index (Phi) is 2.45. The Morgan fingerprint density at radius 1 is 1.50 bits per heavy atom. The lowest BCUT2D eigenvalue weighted by atomic mass is 9.75. The molecule has 1 unspecified atom stereocenters. The van der Waals surface area contributed by atoms with E-state index in [2.05, 4.69) is 20.8 Å². The largest absolute Gasteiger partial charge is 0.337 e. The summed E-state index contributed by atoms with van der Waals surface area (Å²) in [5.41, 5.74) is 0.113. The van der Waals surface area contributed by atoms with Crippen LogP contribution in [-0.4, -0.2) is 22.9 Å². The summed E-state index contributed by atoms with van der Waals surface area (Å²) in [5.74, 6) is 0.998. The molecule has 70 valence electrons. The molecule has 0 saturated carbocycles. The maximum absolute atomic E-state index is 11.4. The highest BCUT2D eigenvalue weighted by Gasteiger charge is 2.46. The normalized spacial score (nSPS) is 26.7. The van der Waals surface area contributed by atoms with Crippen LogP contribution >= 0.6 is 0 Å². The van der Waals surface area contributed by atoms with Gasteiger partial charge in [-0.1, -0.05) is 13.8 Å². The second-order valence-corrected chi connectivity index (χ2v) is 4.12. The summed E-state index contributed by atoms with van der Waals surface area (Å²) in [7, 11) is 0. The van der Waals surface area contributed by atoms with Crippen molar-refractivity contribution in [2.45, 2.75) is 46.1 Å². The second-order valence-electron chi connectivity index (χ2n) is 4.12.